The summed E-state index contributed by atoms with van der Waals surface area (Å²) in [5, 5.41) is 6.75. The number of methoxy groups -OCH3 is 1. The predicted molar refractivity (Wildman–Crippen MR) is 118 cm³/mol. The highest BCUT2D eigenvalue weighted by molar-refractivity contribution is 7.89. The van der Waals surface area contributed by atoms with Gasteiger partial charge in [-0.1, -0.05) is 11.2 Å². The van der Waals surface area contributed by atoms with Gasteiger partial charge in [0.2, 0.25) is 15.9 Å². The van der Waals surface area contributed by atoms with Gasteiger partial charge in [-0.3, -0.25) is 4.79 Å². The number of hydrogen-bond donors (Lipinski definition) is 1. The van der Waals surface area contributed by atoms with Gasteiger partial charge in [-0.15, -0.1) is 0 Å². The Balaban J connectivity index is 1.41. The molecule has 168 valence electrons. The van der Waals surface area contributed by atoms with Gasteiger partial charge in [-0.05, 0) is 55.3 Å². The highest BCUT2D eigenvalue weighted by Gasteiger charge is 2.32. The molecule has 1 saturated heterocycles. The maximum Gasteiger partial charge on any atom is 0.258 e. The van der Waals surface area contributed by atoms with Crippen LogP contribution in [0.25, 0.3) is 11.5 Å². The lowest BCUT2D eigenvalue weighted by atomic mass is 9.97. The van der Waals surface area contributed by atoms with E-state index in [1.165, 1.54) is 23.4 Å². The van der Waals surface area contributed by atoms with Crippen molar-refractivity contribution in [2.75, 3.05) is 25.5 Å². The number of carbonyl (C=O) groups is 1. The first kappa shape index (κ1) is 22.0. The minimum atomic E-state index is -3.62. The smallest absolute Gasteiger partial charge is 0.258 e. The fourth-order valence-electron chi connectivity index (χ4n) is 3.69. The molecule has 2 aromatic carbocycles. The first-order chi connectivity index (χ1) is 15.4. The molecule has 0 atom stereocenters. The molecule has 2 heterocycles. The Morgan fingerprint density at radius 2 is 1.88 bits per heavy atom. The summed E-state index contributed by atoms with van der Waals surface area (Å²) >= 11 is 0. The van der Waals surface area contributed by atoms with Crippen molar-refractivity contribution < 1.29 is 22.5 Å². The molecule has 1 aliphatic heterocycles. The van der Waals surface area contributed by atoms with E-state index in [2.05, 4.69) is 15.5 Å². The molecule has 1 fully saturated rings. The molecular formula is C22H24N4O5S. The van der Waals surface area contributed by atoms with E-state index in [4.69, 9.17) is 9.26 Å². The molecule has 0 spiro atoms. The molecule has 1 aromatic heterocycles. The van der Waals surface area contributed by atoms with Gasteiger partial charge >= 0.3 is 0 Å². The Kier molecular flexibility index (Phi) is 6.24. The SMILES string of the molecule is COc1cccc(-c2nc(C3CCN(S(=O)(=O)c4ccc(NC(C)=O)cc4)CC3)no2)c1. The third-order valence-electron chi connectivity index (χ3n) is 5.39. The lowest BCUT2D eigenvalue weighted by Gasteiger charge is -2.29. The van der Waals surface area contributed by atoms with E-state index in [1.54, 1.807) is 19.2 Å². The summed E-state index contributed by atoms with van der Waals surface area (Å²) in [6.07, 6.45) is 1.20. The van der Waals surface area contributed by atoms with Crippen molar-refractivity contribution in [3.63, 3.8) is 0 Å². The molecule has 10 heteroatoms. The molecule has 0 radical (unpaired) electrons. The number of amides is 1. The Labute approximate surface area is 186 Å². The fourth-order valence-corrected chi connectivity index (χ4v) is 5.16. The third-order valence-corrected chi connectivity index (χ3v) is 7.30. The molecule has 1 aliphatic rings. The quantitative estimate of drug-likeness (QED) is 0.605. The summed E-state index contributed by atoms with van der Waals surface area (Å²) in [6, 6.07) is 13.6. The van der Waals surface area contributed by atoms with Crippen LogP contribution in [0.15, 0.2) is 57.9 Å². The molecule has 0 saturated carbocycles. The van der Waals surface area contributed by atoms with Crippen molar-refractivity contribution in [3.8, 4) is 17.2 Å². The van der Waals surface area contributed by atoms with Gasteiger partial charge < -0.3 is 14.6 Å². The number of piperidine rings is 1. The van der Waals surface area contributed by atoms with Crippen LogP contribution in [-0.2, 0) is 14.8 Å². The summed E-state index contributed by atoms with van der Waals surface area (Å²) in [7, 11) is -2.02. The summed E-state index contributed by atoms with van der Waals surface area (Å²) in [4.78, 5) is 15.9. The van der Waals surface area contributed by atoms with Crippen LogP contribution in [0.5, 0.6) is 5.75 Å². The number of aromatic nitrogens is 2. The molecule has 32 heavy (non-hydrogen) atoms. The van der Waals surface area contributed by atoms with Crippen LogP contribution < -0.4 is 10.1 Å². The maximum atomic E-state index is 13.0. The van der Waals surface area contributed by atoms with Crippen molar-refractivity contribution in [1.82, 2.24) is 14.4 Å². The lowest BCUT2D eigenvalue weighted by molar-refractivity contribution is -0.114. The van der Waals surface area contributed by atoms with E-state index >= 15 is 0 Å². The van der Waals surface area contributed by atoms with Crippen LogP contribution in [0, 0.1) is 0 Å². The number of nitrogens with one attached hydrogen (secondary N) is 1. The van der Waals surface area contributed by atoms with Gasteiger partial charge in [0, 0.05) is 37.2 Å². The molecule has 4 rings (SSSR count). The number of carbonyl (C=O) groups excluding carboxylic acids is 1. The monoisotopic (exact) mass is 456 g/mol. The maximum absolute atomic E-state index is 13.0. The van der Waals surface area contributed by atoms with Crippen LogP contribution in [0.4, 0.5) is 5.69 Å². The van der Waals surface area contributed by atoms with E-state index in [9.17, 15) is 13.2 Å². The summed E-state index contributed by atoms with van der Waals surface area (Å²) in [6.45, 7) is 2.13. The van der Waals surface area contributed by atoms with Gasteiger partial charge in [0.25, 0.3) is 5.89 Å². The second-order valence-corrected chi connectivity index (χ2v) is 9.51. The fraction of sp³-hybridized carbons (Fsp3) is 0.318. The normalized spacial score (nSPS) is 15.4. The molecule has 3 aromatic rings. The molecule has 1 N–H and O–H groups in total. The van der Waals surface area contributed by atoms with Crippen LogP contribution in [0.2, 0.25) is 0 Å². The van der Waals surface area contributed by atoms with Crippen molar-refractivity contribution >= 4 is 21.6 Å². The third kappa shape index (κ3) is 4.66. The van der Waals surface area contributed by atoms with Crippen molar-refractivity contribution in [1.29, 1.82) is 0 Å². The van der Waals surface area contributed by atoms with Gasteiger partial charge in [-0.25, -0.2) is 8.42 Å². The first-order valence-electron chi connectivity index (χ1n) is 10.2. The van der Waals surface area contributed by atoms with Crippen LogP contribution in [-0.4, -0.2) is 49.0 Å². The number of hydrogen-bond acceptors (Lipinski definition) is 7. The second kappa shape index (κ2) is 9.09. The zero-order valence-electron chi connectivity index (χ0n) is 17.8. The zero-order chi connectivity index (χ0) is 22.7. The number of sulfonamides is 1. The highest BCUT2D eigenvalue weighted by Crippen LogP contribution is 2.31. The standard InChI is InChI=1S/C22H24N4O5S/c1-15(27)23-18-6-8-20(9-7-18)32(28,29)26-12-10-16(11-13-26)21-24-22(31-25-21)17-4-3-5-19(14-17)30-2/h3-9,14,16H,10-13H2,1-2H3,(H,23,27). The summed E-state index contributed by atoms with van der Waals surface area (Å²) < 4.78 is 38.1. The molecule has 0 unspecified atom stereocenters. The van der Waals surface area contributed by atoms with E-state index in [0.717, 1.165) is 5.56 Å². The number of nitrogens with zero attached hydrogens (tertiary/aromatic N) is 3. The summed E-state index contributed by atoms with van der Waals surface area (Å²) in [5.74, 6) is 1.50. The Bertz CT molecular complexity index is 1200. The molecule has 1 amide bonds. The van der Waals surface area contributed by atoms with Crippen molar-refractivity contribution in [2.45, 2.75) is 30.6 Å². The topological polar surface area (TPSA) is 115 Å². The average molecular weight is 457 g/mol. The first-order valence-corrected chi connectivity index (χ1v) is 11.7. The van der Waals surface area contributed by atoms with Gasteiger partial charge in [0.15, 0.2) is 5.82 Å². The average Bonchev–Trinajstić information content (AvgIpc) is 3.30. The number of anilines is 1. The molecule has 9 nitrogen and oxygen atoms in total. The number of benzene rings is 2. The number of ether oxygens (including phenoxy) is 1. The number of rotatable bonds is 6. The van der Waals surface area contributed by atoms with E-state index in [0.29, 0.717) is 49.1 Å². The Morgan fingerprint density at radius 1 is 1.16 bits per heavy atom. The van der Waals surface area contributed by atoms with Gasteiger partial charge in [0.05, 0.1) is 12.0 Å². The van der Waals surface area contributed by atoms with E-state index in [-0.39, 0.29) is 16.7 Å². The second-order valence-electron chi connectivity index (χ2n) is 7.57. The van der Waals surface area contributed by atoms with Gasteiger partial charge in [0.1, 0.15) is 5.75 Å². The molecule has 0 aliphatic carbocycles. The van der Waals surface area contributed by atoms with Gasteiger partial charge in [-0.2, -0.15) is 9.29 Å². The van der Waals surface area contributed by atoms with E-state index in [1.807, 2.05) is 24.3 Å². The highest BCUT2D eigenvalue weighted by atomic mass is 32.2. The van der Waals surface area contributed by atoms with E-state index < -0.39 is 10.0 Å². The van der Waals surface area contributed by atoms with Crippen molar-refractivity contribution in [3.05, 3.63) is 54.4 Å². The minimum absolute atomic E-state index is 0.0201. The predicted octanol–water partition coefficient (Wildman–Crippen LogP) is 3.27. The Morgan fingerprint density at radius 3 is 2.53 bits per heavy atom. The van der Waals surface area contributed by atoms with Crippen LogP contribution >= 0.6 is 0 Å². The molecule has 0 bridgehead atoms. The largest absolute Gasteiger partial charge is 0.497 e. The zero-order valence-corrected chi connectivity index (χ0v) is 18.6. The molecular weight excluding hydrogens is 432 g/mol. The Hall–Kier alpha value is -3.24. The lowest BCUT2D eigenvalue weighted by Crippen LogP contribution is -2.38. The van der Waals surface area contributed by atoms with Crippen LogP contribution in [0.3, 0.4) is 0 Å². The summed E-state index contributed by atoms with van der Waals surface area (Å²) in [5.41, 5.74) is 1.32. The van der Waals surface area contributed by atoms with Crippen molar-refractivity contribution in [2.24, 2.45) is 0 Å². The minimum Gasteiger partial charge on any atom is -0.497 e. The van der Waals surface area contributed by atoms with Crippen LogP contribution in [0.1, 0.15) is 31.5 Å².